The Morgan fingerprint density at radius 1 is 0.889 bits per heavy atom. The number of carbonyl (C=O) groups excluding carboxylic acids is 3. The molecular weight excluding hydrogens is 583 g/mol. The van der Waals surface area contributed by atoms with Gasteiger partial charge in [0.2, 0.25) is 5.91 Å². The lowest BCUT2D eigenvalue weighted by molar-refractivity contribution is -0.151. The second-order valence-electron chi connectivity index (χ2n) is 11.7. The third kappa shape index (κ3) is 8.04. The van der Waals surface area contributed by atoms with Gasteiger partial charge in [-0.05, 0) is 92.1 Å². The maximum absolute atomic E-state index is 13.2. The van der Waals surface area contributed by atoms with Crippen molar-refractivity contribution in [1.82, 2.24) is 4.90 Å². The fourth-order valence-electron chi connectivity index (χ4n) is 6.15. The molecule has 2 amide bonds. The minimum atomic E-state index is -4.43. The predicted octanol–water partition coefficient (Wildman–Crippen LogP) is 7.03. The molecule has 2 aliphatic rings. The number of alkyl halides is 3. The molecule has 1 N–H and O–H groups in total. The van der Waals surface area contributed by atoms with E-state index in [9.17, 15) is 27.6 Å². The van der Waals surface area contributed by atoms with Crippen LogP contribution in [0.15, 0.2) is 72.8 Å². The van der Waals surface area contributed by atoms with Crippen molar-refractivity contribution in [2.24, 2.45) is 11.8 Å². The molecule has 10 heteroatoms. The van der Waals surface area contributed by atoms with Crippen LogP contribution in [-0.4, -0.2) is 55.5 Å². The van der Waals surface area contributed by atoms with Gasteiger partial charge in [-0.1, -0.05) is 30.3 Å². The van der Waals surface area contributed by atoms with Crippen LogP contribution in [-0.2, 0) is 20.5 Å². The van der Waals surface area contributed by atoms with Crippen molar-refractivity contribution in [3.8, 4) is 11.1 Å². The van der Waals surface area contributed by atoms with Gasteiger partial charge in [0.25, 0.3) is 5.91 Å². The number of hydrogen-bond donors (Lipinski definition) is 1. The Morgan fingerprint density at radius 3 is 2.24 bits per heavy atom. The van der Waals surface area contributed by atoms with E-state index >= 15 is 0 Å². The summed E-state index contributed by atoms with van der Waals surface area (Å²) in [5.41, 5.74) is 2.31. The third-order valence-corrected chi connectivity index (χ3v) is 8.66. The second kappa shape index (κ2) is 14.2. The van der Waals surface area contributed by atoms with Crippen LogP contribution in [0.1, 0.15) is 54.9 Å². The molecule has 238 valence electrons. The third-order valence-electron chi connectivity index (χ3n) is 8.66. The van der Waals surface area contributed by atoms with Crippen LogP contribution >= 0.6 is 0 Å². The number of ether oxygens (including phenoxy) is 1. The highest BCUT2D eigenvalue weighted by molar-refractivity contribution is 6.08. The highest BCUT2D eigenvalue weighted by Crippen LogP contribution is 2.33. The van der Waals surface area contributed by atoms with E-state index in [4.69, 9.17) is 4.74 Å². The summed E-state index contributed by atoms with van der Waals surface area (Å²) in [5, 5.41) is 2.90. The molecular formula is C35H38F3N3O4. The molecule has 2 saturated heterocycles. The Balaban J connectivity index is 1.13. The van der Waals surface area contributed by atoms with Gasteiger partial charge >= 0.3 is 12.1 Å². The summed E-state index contributed by atoms with van der Waals surface area (Å²) in [6.07, 6.45) is -0.584. The standard InChI is InChI=1S/C35H38F3N3O4/c1-2-45-34(44)26-6-5-19-41(23-26)32(42)22-24-17-20-40(21-18-24)29-15-13-28(14-16-29)39-33(43)31-8-4-3-7-30(31)25-9-11-27(12-10-25)35(36,37)38/h3-4,7-16,24,26H,2,5-6,17-23H2,1H3,(H,39,43)/t26-/m1/s1. The Morgan fingerprint density at radius 2 is 1.58 bits per heavy atom. The van der Waals surface area contributed by atoms with Crippen molar-refractivity contribution in [2.45, 2.75) is 45.2 Å². The number of rotatable bonds is 8. The van der Waals surface area contributed by atoms with Crippen molar-refractivity contribution in [3.63, 3.8) is 0 Å². The summed E-state index contributed by atoms with van der Waals surface area (Å²) in [6, 6.07) is 19.2. The normalized spacial score (nSPS) is 17.6. The second-order valence-corrected chi connectivity index (χ2v) is 11.7. The van der Waals surface area contributed by atoms with Crippen LogP contribution in [0.2, 0.25) is 0 Å². The van der Waals surface area contributed by atoms with Crippen LogP contribution < -0.4 is 10.2 Å². The molecule has 45 heavy (non-hydrogen) atoms. The molecule has 2 heterocycles. The summed E-state index contributed by atoms with van der Waals surface area (Å²) in [7, 11) is 0. The molecule has 2 fully saturated rings. The smallest absolute Gasteiger partial charge is 0.416 e. The molecule has 0 aromatic heterocycles. The van der Waals surface area contributed by atoms with Gasteiger partial charge in [-0.3, -0.25) is 14.4 Å². The summed E-state index contributed by atoms with van der Waals surface area (Å²) >= 11 is 0. The zero-order chi connectivity index (χ0) is 32.0. The van der Waals surface area contributed by atoms with E-state index in [1.54, 1.807) is 31.2 Å². The van der Waals surface area contributed by atoms with Gasteiger partial charge < -0.3 is 19.9 Å². The van der Waals surface area contributed by atoms with E-state index in [2.05, 4.69) is 10.2 Å². The first-order valence-electron chi connectivity index (χ1n) is 15.5. The molecule has 3 aromatic carbocycles. The lowest BCUT2D eigenvalue weighted by Gasteiger charge is -2.36. The van der Waals surface area contributed by atoms with Gasteiger partial charge in [0.1, 0.15) is 0 Å². The molecule has 0 radical (unpaired) electrons. The summed E-state index contributed by atoms with van der Waals surface area (Å²) in [6.45, 7) is 4.91. The Labute approximate surface area is 261 Å². The molecule has 5 rings (SSSR count). The van der Waals surface area contributed by atoms with E-state index in [1.165, 1.54) is 12.1 Å². The number of likely N-dealkylation sites (tertiary alicyclic amines) is 1. The molecule has 2 aliphatic heterocycles. The highest BCUT2D eigenvalue weighted by Gasteiger charge is 2.32. The lowest BCUT2D eigenvalue weighted by Crippen LogP contribution is -2.44. The number of piperidine rings is 2. The van der Waals surface area contributed by atoms with Crippen molar-refractivity contribution >= 4 is 29.2 Å². The minimum Gasteiger partial charge on any atom is -0.466 e. The number of esters is 1. The van der Waals surface area contributed by atoms with Crippen molar-refractivity contribution in [3.05, 3.63) is 83.9 Å². The molecule has 0 bridgehead atoms. The maximum Gasteiger partial charge on any atom is 0.416 e. The SMILES string of the molecule is CCOC(=O)[C@@H]1CCCN(C(=O)CC2CCN(c3ccc(NC(=O)c4ccccc4-c4ccc(C(F)(F)F)cc4)cc3)CC2)C1. The van der Waals surface area contributed by atoms with Crippen molar-refractivity contribution < 1.29 is 32.3 Å². The predicted molar refractivity (Wildman–Crippen MR) is 167 cm³/mol. The van der Waals surface area contributed by atoms with Gasteiger partial charge in [-0.15, -0.1) is 0 Å². The number of benzene rings is 3. The molecule has 0 unspecified atom stereocenters. The van der Waals surface area contributed by atoms with Gasteiger partial charge in [0.15, 0.2) is 0 Å². The Hall–Kier alpha value is -4.34. The average molecular weight is 622 g/mol. The van der Waals surface area contributed by atoms with Crippen LogP contribution in [0.3, 0.4) is 0 Å². The van der Waals surface area contributed by atoms with Gasteiger partial charge in [0.05, 0.1) is 18.1 Å². The highest BCUT2D eigenvalue weighted by atomic mass is 19.4. The fraction of sp³-hybridized carbons (Fsp3) is 0.400. The minimum absolute atomic E-state index is 0.113. The summed E-state index contributed by atoms with van der Waals surface area (Å²) in [5.74, 6) is -0.392. The maximum atomic E-state index is 13.2. The van der Waals surface area contributed by atoms with Gasteiger partial charge in [-0.25, -0.2) is 0 Å². The molecule has 0 saturated carbocycles. The van der Waals surface area contributed by atoms with Crippen molar-refractivity contribution in [1.29, 1.82) is 0 Å². The van der Waals surface area contributed by atoms with Gasteiger partial charge in [-0.2, -0.15) is 13.2 Å². The molecule has 3 aromatic rings. The van der Waals surface area contributed by atoms with E-state index in [0.29, 0.717) is 54.4 Å². The van der Waals surface area contributed by atoms with Crippen LogP contribution in [0, 0.1) is 11.8 Å². The molecule has 7 nitrogen and oxygen atoms in total. The number of amides is 2. The first-order chi connectivity index (χ1) is 21.6. The Kier molecular flexibility index (Phi) is 10.1. The first kappa shape index (κ1) is 32.1. The Bertz CT molecular complexity index is 1480. The van der Waals surface area contributed by atoms with E-state index < -0.39 is 11.7 Å². The summed E-state index contributed by atoms with van der Waals surface area (Å²) in [4.78, 5) is 42.4. The van der Waals surface area contributed by atoms with E-state index in [1.807, 2.05) is 29.2 Å². The van der Waals surface area contributed by atoms with Crippen LogP contribution in [0.5, 0.6) is 0 Å². The summed E-state index contributed by atoms with van der Waals surface area (Å²) < 4.78 is 44.2. The lowest BCUT2D eigenvalue weighted by atomic mass is 9.91. The number of anilines is 2. The monoisotopic (exact) mass is 621 g/mol. The first-order valence-corrected chi connectivity index (χ1v) is 15.5. The number of carbonyl (C=O) groups is 3. The van der Waals surface area contributed by atoms with Crippen LogP contribution in [0.25, 0.3) is 11.1 Å². The largest absolute Gasteiger partial charge is 0.466 e. The quantitative estimate of drug-likeness (QED) is 0.273. The molecule has 0 spiro atoms. The van der Waals surface area contributed by atoms with E-state index in [-0.39, 0.29) is 23.7 Å². The number of nitrogens with one attached hydrogen (secondary N) is 1. The fourth-order valence-corrected chi connectivity index (χ4v) is 6.15. The van der Waals surface area contributed by atoms with Crippen LogP contribution in [0.4, 0.5) is 24.5 Å². The zero-order valence-electron chi connectivity index (χ0n) is 25.3. The number of hydrogen-bond acceptors (Lipinski definition) is 5. The van der Waals surface area contributed by atoms with Crippen molar-refractivity contribution in [2.75, 3.05) is 43.0 Å². The zero-order valence-corrected chi connectivity index (χ0v) is 25.3. The molecule has 0 aliphatic carbocycles. The molecule has 1 atom stereocenters. The van der Waals surface area contributed by atoms with Gasteiger partial charge in [0, 0.05) is 49.5 Å². The number of halogens is 3. The average Bonchev–Trinajstić information content (AvgIpc) is 3.05. The number of nitrogens with zero attached hydrogens (tertiary/aromatic N) is 2. The topological polar surface area (TPSA) is 79.0 Å². The van der Waals surface area contributed by atoms with E-state index in [0.717, 1.165) is 56.6 Å².